The van der Waals surface area contributed by atoms with E-state index in [1.54, 1.807) is 12.1 Å². The summed E-state index contributed by atoms with van der Waals surface area (Å²) < 4.78 is 37.9. The van der Waals surface area contributed by atoms with Gasteiger partial charge in [-0.1, -0.05) is 17.7 Å². The fraction of sp³-hybridized carbons (Fsp3) is 0.0769. The van der Waals surface area contributed by atoms with E-state index in [9.17, 15) is 13.0 Å². The van der Waals surface area contributed by atoms with E-state index in [1.807, 2.05) is 0 Å². The quantitative estimate of drug-likeness (QED) is 0.882. The van der Waals surface area contributed by atoms with Crippen LogP contribution in [0.5, 0.6) is 0 Å². The molecule has 0 aliphatic rings. The van der Waals surface area contributed by atoms with Crippen LogP contribution in [0.3, 0.4) is 0 Å². The molecule has 6 heteroatoms. The minimum atomic E-state index is -1.45. The first-order chi connectivity index (χ1) is 8.97. The fourth-order valence-corrected chi connectivity index (χ4v) is 3.14. The van der Waals surface area contributed by atoms with Gasteiger partial charge in [-0.25, -0.2) is 8.78 Å². The fourth-order valence-electron chi connectivity index (χ4n) is 1.56. The summed E-state index contributed by atoms with van der Waals surface area (Å²) in [5.41, 5.74) is 6.45. The maximum atomic E-state index is 13.0. The molecule has 0 aliphatic heterocycles. The maximum Gasteiger partial charge on any atom is 0.159 e. The van der Waals surface area contributed by atoms with E-state index in [0.717, 1.165) is 12.1 Å². The molecule has 0 aromatic heterocycles. The monoisotopic (exact) mass is 301 g/mol. The number of halogens is 3. The average molecular weight is 302 g/mol. The third-order valence-electron chi connectivity index (χ3n) is 2.48. The molecule has 2 aromatic rings. The summed E-state index contributed by atoms with van der Waals surface area (Å²) in [5, 5.41) is 0.293. The number of hydrogen-bond acceptors (Lipinski definition) is 2. The van der Waals surface area contributed by atoms with E-state index >= 15 is 0 Å². The lowest BCUT2D eigenvalue weighted by atomic mass is 10.2. The van der Waals surface area contributed by atoms with Gasteiger partial charge in [-0.15, -0.1) is 0 Å². The third kappa shape index (κ3) is 3.30. The van der Waals surface area contributed by atoms with Gasteiger partial charge >= 0.3 is 0 Å². The summed E-state index contributed by atoms with van der Waals surface area (Å²) in [6.45, 7) is 0. The van der Waals surface area contributed by atoms with Gasteiger partial charge in [0, 0.05) is 5.69 Å². The minimum Gasteiger partial charge on any atom is -0.399 e. The Labute approximate surface area is 116 Å². The zero-order valence-corrected chi connectivity index (χ0v) is 11.3. The highest BCUT2D eigenvalue weighted by atomic mass is 35.5. The Bertz CT molecular complexity index is 649. The van der Waals surface area contributed by atoms with Crippen LogP contribution < -0.4 is 5.73 Å². The van der Waals surface area contributed by atoms with Crippen molar-refractivity contribution in [2.75, 3.05) is 5.73 Å². The van der Waals surface area contributed by atoms with Gasteiger partial charge in [0.25, 0.3) is 0 Å². The van der Waals surface area contributed by atoms with Crippen LogP contribution >= 0.6 is 11.6 Å². The first kappa shape index (κ1) is 14.0. The molecule has 100 valence electrons. The molecule has 0 spiro atoms. The van der Waals surface area contributed by atoms with Crippen LogP contribution in [-0.4, -0.2) is 4.21 Å². The highest BCUT2D eigenvalue weighted by molar-refractivity contribution is 7.84. The van der Waals surface area contributed by atoms with Crippen LogP contribution in [0.2, 0.25) is 5.02 Å². The predicted molar refractivity (Wildman–Crippen MR) is 72.3 cm³/mol. The Balaban J connectivity index is 2.23. The van der Waals surface area contributed by atoms with Gasteiger partial charge in [-0.05, 0) is 35.9 Å². The molecular weight excluding hydrogens is 292 g/mol. The molecule has 0 saturated carbocycles. The SMILES string of the molecule is Nc1ccc(S(=O)Cc2ccc(F)c(F)c2)c(Cl)c1. The van der Waals surface area contributed by atoms with Gasteiger partial charge in [0.15, 0.2) is 11.6 Å². The summed E-state index contributed by atoms with van der Waals surface area (Å²) in [7, 11) is -1.45. The Hall–Kier alpha value is -1.46. The van der Waals surface area contributed by atoms with Crippen LogP contribution in [-0.2, 0) is 16.6 Å². The molecule has 2 aromatic carbocycles. The van der Waals surface area contributed by atoms with Crippen molar-refractivity contribution >= 4 is 28.1 Å². The molecule has 0 radical (unpaired) electrons. The van der Waals surface area contributed by atoms with Crippen molar-refractivity contribution in [2.45, 2.75) is 10.6 Å². The van der Waals surface area contributed by atoms with E-state index in [1.165, 1.54) is 12.1 Å². The van der Waals surface area contributed by atoms with Crippen molar-refractivity contribution < 1.29 is 13.0 Å². The molecule has 1 atom stereocenters. The lowest BCUT2D eigenvalue weighted by molar-refractivity contribution is 0.507. The van der Waals surface area contributed by atoms with E-state index < -0.39 is 22.4 Å². The normalized spacial score (nSPS) is 12.4. The smallest absolute Gasteiger partial charge is 0.159 e. The lowest BCUT2D eigenvalue weighted by Crippen LogP contribution is -1.99. The van der Waals surface area contributed by atoms with Crippen LogP contribution in [0.15, 0.2) is 41.3 Å². The summed E-state index contributed by atoms with van der Waals surface area (Å²) in [4.78, 5) is 0.417. The van der Waals surface area contributed by atoms with E-state index in [2.05, 4.69) is 0 Å². The highest BCUT2D eigenvalue weighted by Crippen LogP contribution is 2.24. The molecule has 2 rings (SSSR count). The highest BCUT2D eigenvalue weighted by Gasteiger charge is 2.11. The molecule has 2 N–H and O–H groups in total. The Morgan fingerprint density at radius 2 is 1.84 bits per heavy atom. The van der Waals surface area contributed by atoms with Crippen LogP contribution in [0.4, 0.5) is 14.5 Å². The largest absolute Gasteiger partial charge is 0.399 e. The molecule has 1 unspecified atom stereocenters. The summed E-state index contributed by atoms with van der Waals surface area (Å²) in [6.07, 6.45) is 0. The maximum absolute atomic E-state index is 13.0. The molecule has 0 aliphatic carbocycles. The first-order valence-electron chi connectivity index (χ1n) is 5.34. The second-order valence-corrected chi connectivity index (χ2v) is 5.75. The minimum absolute atomic E-state index is 0.0564. The number of anilines is 1. The number of nitrogen functional groups attached to an aromatic ring is 1. The summed E-state index contributed by atoms with van der Waals surface area (Å²) in [6, 6.07) is 8.07. The second kappa shape index (κ2) is 5.67. The van der Waals surface area contributed by atoms with Crippen molar-refractivity contribution in [2.24, 2.45) is 0 Å². The van der Waals surface area contributed by atoms with Crippen molar-refractivity contribution in [1.82, 2.24) is 0 Å². The molecule has 0 bridgehead atoms. The zero-order chi connectivity index (χ0) is 14.0. The van der Waals surface area contributed by atoms with Crippen LogP contribution in [0, 0.1) is 11.6 Å². The van der Waals surface area contributed by atoms with E-state index in [0.29, 0.717) is 21.2 Å². The van der Waals surface area contributed by atoms with Gasteiger partial charge in [-0.2, -0.15) is 0 Å². The molecule has 19 heavy (non-hydrogen) atoms. The van der Waals surface area contributed by atoms with Crippen molar-refractivity contribution in [1.29, 1.82) is 0 Å². The van der Waals surface area contributed by atoms with Gasteiger partial charge in [0.2, 0.25) is 0 Å². The number of benzene rings is 2. The topological polar surface area (TPSA) is 43.1 Å². The third-order valence-corrected chi connectivity index (χ3v) is 4.35. The summed E-state index contributed by atoms with van der Waals surface area (Å²) in [5.74, 6) is -1.83. The Kier molecular flexibility index (Phi) is 4.17. The second-order valence-electron chi connectivity index (χ2n) is 3.93. The lowest BCUT2D eigenvalue weighted by Gasteiger charge is -2.06. The molecule has 0 amide bonds. The van der Waals surface area contributed by atoms with Crippen molar-refractivity contribution in [3.8, 4) is 0 Å². The van der Waals surface area contributed by atoms with Crippen LogP contribution in [0.25, 0.3) is 0 Å². The molecule has 0 fully saturated rings. The number of nitrogens with two attached hydrogens (primary N) is 1. The molecule has 2 nitrogen and oxygen atoms in total. The van der Waals surface area contributed by atoms with Gasteiger partial charge in [0.05, 0.1) is 26.5 Å². The molecule has 0 saturated heterocycles. The Morgan fingerprint density at radius 3 is 2.47 bits per heavy atom. The number of hydrogen-bond donors (Lipinski definition) is 1. The van der Waals surface area contributed by atoms with Crippen molar-refractivity contribution in [3.63, 3.8) is 0 Å². The van der Waals surface area contributed by atoms with E-state index in [-0.39, 0.29) is 5.75 Å². The predicted octanol–water partition coefficient (Wildman–Crippen LogP) is 3.51. The Morgan fingerprint density at radius 1 is 1.11 bits per heavy atom. The summed E-state index contributed by atoms with van der Waals surface area (Å²) >= 11 is 5.94. The molecule has 0 heterocycles. The first-order valence-corrected chi connectivity index (χ1v) is 7.04. The van der Waals surface area contributed by atoms with Crippen molar-refractivity contribution in [3.05, 3.63) is 58.6 Å². The van der Waals surface area contributed by atoms with Gasteiger partial charge < -0.3 is 5.73 Å². The van der Waals surface area contributed by atoms with Crippen LogP contribution in [0.1, 0.15) is 5.56 Å². The number of rotatable bonds is 3. The van der Waals surface area contributed by atoms with Gasteiger partial charge in [-0.3, -0.25) is 4.21 Å². The van der Waals surface area contributed by atoms with Gasteiger partial charge in [0.1, 0.15) is 0 Å². The molecular formula is C13H10ClF2NOS. The van der Waals surface area contributed by atoms with E-state index in [4.69, 9.17) is 17.3 Å². The average Bonchev–Trinajstić information content (AvgIpc) is 2.33. The standard InChI is InChI=1S/C13H10ClF2NOS/c14-10-6-9(17)2-4-13(10)19(18)7-8-1-3-11(15)12(16)5-8/h1-6H,7,17H2. The zero-order valence-electron chi connectivity index (χ0n) is 9.70.